The molecular formula is C12H14N2O. The normalized spacial score (nSPS) is 10.5. The SMILES string of the molecule is CCc1ccccc1-c1onc(N)c1C. The first-order valence-electron chi connectivity index (χ1n) is 5.04. The van der Waals surface area contributed by atoms with Crippen LogP contribution in [0.5, 0.6) is 0 Å². The molecule has 3 nitrogen and oxygen atoms in total. The van der Waals surface area contributed by atoms with Crippen LogP contribution in [0.1, 0.15) is 18.1 Å². The summed E-state index contributed by atoms with van der Waals surface area (Å²) in [5.41, 5.74) is 8.91. The van der Waals surface area contributed by atoms with Crippen LogP contribution in [-0.2, 0) is 6.42 Å². The number of anilines is 1. The standard InChI is InChI=1S/C12H14N2O/c1-3-9-6-4-5-7-10(9)11-8(2)12(13)14-15-11/h4-7H,3H2,1-2H3,(H2,13,14). The molecule has 0 spiro atoms. The molecule has 1 aromatic carbocycles. The minimum absolute atomic E-state index is 0.468. The van der Waals surface area contributed by atoms with Gasteiger partial charge >= 0.3 is 0 Å². The molecule has 0 radical (unpaired) electrons. The lowest BCUT2D eigenvalue weighted by molar-refractivity contribution is 0.435. The van der Waals surface area contributed by atoms with E-state index in [4.69, 9.17) is 10.3 Å². The maximum Gasteiger partial charge on any atom is 0.172 e. The van der Waals surface area contributed by atoms with Crippen molar-refractivity contribution in [2.24, 2.45) is 0 Å². The summed E-state index contributed by atoms with van der Waals surface area (Å²) >= 11 is 0. The van der Waals surface area contributed by atoms with Gasteiger partial charge in [0, 0.05) is 11.1 Å². The highest BCUT2D eigenvalue weighted by atomic mass is 16.5. The first kappa shape index (κ1) is 9.77. The third-order valence-electron chi connectivity index (χ3n) is 2.60. The van der Waals surface area contributed by atoms with E-state index in [1.165, 1.54) is 5.56 Å². The minimum Gasteiger partial charge on any atom is -0.381 e. The average molecular weight is 202 g/mol. The van der Waals surface area contributed by atoms with Crippen molar-refractivity contribution in [1.82, 2.24) is 5.16 Å². The number of aryl methyl sites for hydroxylation is 1. The Bertz CT molecular complexity index is 474. The number of nitrogens with two attached hydrogens (primary N) is 1. The zero-order valence-electron chi connectivity index (χ0n) is 8.95. The molecule has 0 amide bonds. The average Bonchev–Trinajstić information content (AvgIpc) is 2.60. The monoisotopic (exact) mass is 202 g/mol. The van der Waals surface area contributed by atoms with Gasteiger partial charge < -0.3 is 10.3 Å². The van der Waals surface area contributed by atoms with Gasteiger partial charge in [-0.15, -0.1) is 0 Å². The van der Waals surface area contributed by atoms with Crippen LogP contribution in [0.15, 0.2) is 28.8 Å². The molecule has 0 aliphatic heterocycles. The highest BCUT2D eigenvalue weighted by Crippen LogP contribution is 2.29. The summed E-state index contributed by atoms with van der Waals surface area (Å²) in [6.07, 6.45) is 0.968. The van der Waals surface area contributed by atoms with E-state index in [9.17, 15) is 0 Å². The molecule has 0 aliphatic rings. The van der Waals surface area contributed by atoms with Crippen LogP contribution in [0.2, 0.25) is 0 Å². The number of rotatable bonds is 2. The number of hydrogen-bond acceptors (Lipinski definition) is 3. The summed E-state index contributed by atoms with van der Waals surface area (Å²) in [5, 5.41) is 3.77. The van der Waals surface area contributed by atoms with Crippen LogP contribution in [0, 0.1) is 6.92 Å². The lowest BCUT2D eigenvalue weighted by Gasteiger charge is -2.04. The third-order valence-corrected chi connectivity index (χ3v) is 2.60. The molecule has 0 fully saturated rings. The van der Waals surface area contributed by atoms with Crippen LogP contribution in [0.25, 0.3) is 11.3 Å². The molecule has 1 aromatic heterocycles. The second-order valence-electron chi connectivity index (χ2n) is 3.53. The van der Waals surface area contributed by atoms with Crippen molar-refractivity contribution in [3.63, 3.8) is 0 Å². The Labute approximate surface area is 88.9 Å². The van der Waals surface area contributed by atoms with Gasteiger partial charge in [-0.1, -0.05) is 36.3 Å². The number of hydrogen-bond donors (Lipinski definition) is 1. The predicted molar refractivity (Wildman–Crippen MR) is 60.5 cm³/mol. The fourth-order valence-corrected chi connectivity index (χ4v) is 1.65. The summed E-state index contributed by atoms with van der Waals surface area (Å²) in [6, 6.07) is 8.14. The van der Waals surface area contributed by atoms with Crippen molar-refractivity contribution >= 4 is 5.82 Å². The summed E-state index contributed by atoms with van der Waals surface area (Å²) < 4.78 is 5.25. The highest BCUT2D eigenvalue weighted by molar-refractivity contribution is 5.68. The summed E-state index contributed by atoms with van der Waals surface area (Å²) in [5.74, 6) is 1.25. The van der Waals surface area contributed by atoms with Crippen molar-refractivity contribution in [2.45, 2.75) is 20.3 Å². The van der Waals surface area contributed by atoms with Gasteiger partial charge in [0.25, 0.3) is 0 Å². The Hall–Kier alpha value is -1.77. The molecule has 78 valence electrons. The van der Waals surface area contributed by atoms with Gasteiger partial charge in [-0.05, 0) is 18.9 Å². The van der Waals surface area contributed by atoms with Gasteiger partial charge in [-0.25, -0.2) is 0 Å². The zero-order valence-corrected chi connectivity index (χ0v) is 8.95. The van der Waals surface area contributed by atoms with Crippen LogP contribution >= 0.6 is 0 Å². The molecule has 0 aliphatic carbocycles. The van der Waals surface area contributed by atoms with E-state index in [2.05, 4.69) is 18.1 Å². The molecule has 0 atom stereocenters. The maximum absolute atomic E-state index is 5.66. The van der Waals surface area contributed by atoms with Crippen molar-refractivity contribution in [2.75, 3.05) is 5.73 Å². The first-order valence-corrected chi connectivity index (χ1v) is 5.04. The smallest absolute Gasteiger partial charge is 0.172 e. The van der Waals surface area contributed by atoms with Crippen LogP contribution in [0.3, 0.4) is 0 Å². The molecule has 2 rings (SSSR count). The fourth-order valence-electron chi connectivity index (χ4n) is 1.65. The molecule has 2 N–H and O–H groups in total. The van der Waals surface area contributed by atoms with E-state index < -0.39 is 0 Å². The largest absolute Gasteiger partial charge is 0.381 e. The van der Waals surface area contributed by atoms with Gasteiger partial charge in [-0.2, -0.15) is 0 Å². The first-order chi connectivity index (χ1) is 7.24. The van der Waals surface area contributed by atoms with E-state index in [-0.39, 0.29) is 0 Å². The van der Waals surface area contributed by atoms with Gasteiger partial charge in [0.1, 0.15) is 0 Å². The quantitative estimate of drug-likeness (QED) is 0.814. The number of aromatic nitrogens is 1. The Morgan fingerprint density at radius 3 is 2.67 bits per heavy atom. The fraction of sp³-hybridized carbons (Fsp3) is 0.250. The number of nitrogen functional groups attached to an aromatic ring is 1. The lowest BCUT2D eigenvalue weighted by Crippen LogP contribution is -1.89. The summed E-state index contributed by atoms with van der Waals surface area (Å²) in [6.45, 7) is 4.04. The molecule has 0 bridgehead atoms. The molecule has 15 heavy (non-hydrogen) atoms. The Morgan fingerprint density at radius 1 is 1.33 bits per heavy atom. The minimum atomic E-state index is 0.468. The number of benzene rings is 1. The van der Waals surface area contributed by atoms with Crippen LogP contribution in [-0.4, -0.2) is 5.16 Å². The van der Waals surface area contributed by atoms with E-state index in [0.717, 1.165) is 23.3 Å². The van der Waals surface area contributed by atoms with E-state index in [0.29, 0.717) is 5.82 Å². The van der Waals surface area contributed by atoms with Gasteiger partial charge in [0.15, 0.2) is 11.6 Å². The topological polar surface area (TPSA) is 52.0 Å². The second kappa shape index (κ2) is 3.77. The number of nitrogens with zero attached hydrogens (tertiary/aromatic N) is 1. The van der Waals surface area contributed by atoms with Gasteiger partial charge in [-0.3, -0.25) is 0 Å². The zero-order chi connectivity index (χ0) is 10.8. The third kappa shape index (κ3) is 1.61. The summed E-state index contributed by atoms with van der Waals surface area (Å²) in [7, 11) is 0. The molecule has 0 saturated carbocycles. The van der Waals surface area contributed by atoms with E-state index >= 15 is 0 Å². The molecule has 0 saturated heterocycles. The molecular weight excluding hydrogens is 188 g/mol. The second-order valence-corrected chi connectivity index (χ2v) is 3.53. The maximum atomic E-state index is 5.66. The predicted octanol–water partition coefficient (Wildman–Crippen LogP) is 2.79. The van der Waals surface area contributed by atoms with Gasteiger partial charge in [0.2, 0.25) is 0 Å². The van der Waals surface area contributed by atoms with Crippen LogP contribution < -0.4 is 5.73 Å². The Balaban J connectivity index is 2.58. The Morgan fingerprint density at radius 2 is 2.07 bits per heavy atom. The van der Waals surface area contributed by atoms with Gasteiger partial charge in [0.05, 0.1) is 0 Å². The van der Waals surface area contributed by atoms with E-state index in [1.54, 1.807) is 0 Å². The van der Waals surface area contributed by atoms with Crippen molar-refractivity contribution in [3.8, 4) is 11.3 Å². The van der Waals surface area contributed by atoms with Crippen molar-refractivity contribution in [1.29, 1.82) is 0 Å². The van der Waals surface area contributed by atoms with Crippen LogP contribution in [0.4, 0.5) is 5.82 Å². The Kier molecular flexibility index (Phi) is 2.46. The summed E-state index contributed by atoms with van der Waals surface area (Å²) in [4.78, 5) is 0. The molecule has 1 heterocycles. The highest BCUT2D eigenvalue weighted by Gasteiger charge is 2.13. The molecule has 0 unspecified atom stereocenters. The lowest BCUT2D eigenvalue weighted by atomic mass is 10.0. The van der Waals surface area contributed by atoms with E-state index in [1.807, 2.05) is 25.1 Å². The molecule has 2 aromatic rings. The molecule has 3 heteroatoms. The van der Waals surface area contributed by atoms with Crippen molar-refractivity contribution < 1.29 is 4.52 Å². The van der Waals surface area contributed by atoms with Crippen molar-refractivity contribution in [3.05, 3.63) is 35.4 Å².